The van der Waals surface area contributed by atoms with Crippen LogP contribution in [0.5, 0.6) is 11.5 Å². The summed E-state index contributed by atoms with van der Waals surface area (Å²) in [5.74, 6) is 0.844. The number of ether oxygens (including phenoxy) is 2. The van der Waals surface area contributed by atoms with Crippen molar-refractivity contribution in [3.05, 3.63) is 77.3 Å². The summed E-state index contributed by atoms with van der Waals surface area (Å²) in [5, 5.41) is 6.06. The molecule has 0 aliphatic heterocycles. The van der Waals surface area contributed by atoms with E-state index in [0.717, 1.165) is 10.5 Å². The van der Waals surface area contributed by atoms with E-state index in [1.54, 1.807) is 12.1 Å². The molecular weight excluding hydrogens is 448 g/mol. The van der Waals surface area contributed by atoms with Crippen molar-refractivity contribution in [3.8, 4) is 11.5 Å². The Hall–Kier alpha value is -3.16. The predicted molar refractivity (Wildman–Crippen MR) is 129 cm³/mol. The zero-order valence-corrected chi connectivity index (χ0v) is 19.3. The van der Waals surface area contributed by atoms with Gasteiger partial charge >= 0.3 is 0 Å². The number of thioether (sulfide) groups is 1. The van der Waals surface area contributed by atoms with Crippen LogP contribution in [-0.2, 0) is 16.0 Å². The van der Waals surface area contributed by atoms with Crippen molar-refractivity contribution in [1.29, 1.82) is 0 Å². The SMILES string of the molecule is COc1cc(OC)c(NC(=O)CSc2ccc(NC(=O)Cc3ccccc3)cc2)cc1Cl. The molecule has 0 bridgehead atoms. The number of nitrogens with one attached hydrogen (secondary N) is 2. The van der Waals surface area contributed by atoms with Crippen molar-refractivity contribution in [2.75, 3.05) is 30.6 Å². The van der Waals surface area contributed by atoms with E-state index in [0.29, 0.717) is 34.3 Å². The molecule has 2 N–H and O–H groups in total. The highest BCUT2D eigenvalue weighted by Crippen LogP contribution is 2.36. The third-order valence-corrected chi connectivity index (χ3v) is 5.77. The first-order valence-corrected chi connectivity index (χ1v) is 11.1. The van der Waals surface area contributed by atoms with Gasteiger partial charge in [-0.2, -0.15) is 0 Å². The Morgan fingerprint density at radius 1 is 0.875 bits per heavy atom. The molecule has 0 heterocycles. The summed E-state index contributed by atoms with van der Waals surface area (Å²) in [6.07, 6.45) is 0.316. The lowest BCUT2D eigenvalue weighted by atomic mass is 10.1. The van der Waals surface area contributed by atoms with Crippen LogP contribution in [-0.4, -0.2) is 31.8 Å². The average molecular weight is 471 g/mol. The second-order valence-corrected chi connectivity index (χ2v) is 8.21. The van der Waals surface area contributed by atoms with Gasteiger partial charge in [-0.05, 0) is 35.9 Å². The first kappa shape index (κ1) is 23.5. The van der Waals surface area contributed by atoms with Crippen LogP contribution in [0, 0.1) is 0 Å². The molecule has 0 aromatic heterocycles. The van der Waals surface area contributed by atoms with E-state index in [1.165, 1.54) is 26.0 Å². The highest BCUT2D eigenvalue weighted by molar-refractivity contribution is 8.00. The zero-order valence-electron chi connectivity index (χ0n) is 17.7. The van der Waals surface area contributed by atoms with Crippen LogP contribution in [0.4, 0.5) is 11.4 Å². The molecule has 3 rings (SSSR count). The normalized spacial score (nSPS) is 10.3. The van der Waals surface area contributed by atoms with Crippen LogP contribution >= 0.6 is 23.4 Å². The Morgan fingerprint density at radius 2 is 1.56 bits per heavy atom. The summed E-state index contributed by atoms with van der Waals surface area (Å²) >= 11 is 7.52. The second kappa shape index (κ2) is 11.5. The molecule has 2 amide bonds. The maximum atomic E-state index is 12.4. The number of benzene rings is 3. The van der Waals surface area contributed by atoms with Gasteiger partial charge in [-0.1, -0.05) is 41.9 Å². The van der Waals surface area contributed by atoms with Gasteiger partial charge in [-0.15, -0.1) is 11.8 Å². The lowest BCUT2D eigenvalue weighted by Gasteiger charge is -2.13. The van der Waals surface area contributed by atoms with E-state index >= 15 is 0 Å². The first-order chi connectivity index (χ1) is 15.5. The molecule has 0 aliphatic carbocycles. The van der Waals surface area contributed by atoms with Crippen molar-refractivity contribution in [3.63, 3.8) is 0 Å². The molecule has 3 aromatic rings. The van der Waals surface area contributed by atoms with Crippen LogP contribution in [0.1, 0.15) is 5.56 Å². The van der Waals surface area contributed by atoms with E-state index in [-0.39, 0.29) is 17.6 Å². The van der Waals surface area contributed by atoms with Crippen LogP contribution < -0.4 is 20.1 Å². The highest BCUT2D eigenvalue weighted by atomic mass is 35.5. The third kappa shape index (κ3) is 6.67. The standard InChI is InChI=1S/C24H23ClN2O4S/c1-30-21-14-22(31-2)20(13-19(21)25)27-24(29)15-32-18-10-8-17(9-11-18)26-23(28)12-16-6-4-3-5-7-16/h3-11,13-14H,12,15H2,1-2H3,(H,26,28)(H,27,29). The van der Waals surface area contributed by atoms with E-state index < -0.39 is 0 Å². The van der Waals surface area contributed by atoms with Gasteiger partial charge in [0, 0.05) is 16.6 Å². The van der Waals surface area contributed by atoms with Crippen molar-refractivity contribution in [2.45, 2.75) is 11.3 Å². The quantitative estimate of drug-likeness (QED) is 0.417. The summed E-state index contributed by atoms with van der Waals surface area (Å²) in [6.45, 7) is 0. The summed E-state index contributed by atoms with van der Waals surface area (Å²) in [5.41, 5.74) is 2.13. The molecule has 32 heavy (non-hydrogen) atoms. The highest BCUT2D eigenvalue weighted by Gasteiger charge is 2.13. The molecular formula is C24H23ClN2O4S. The fourth-order valence-electron chi connectivity index (χ4n) is 2.91. The summed E-state index contributed by atoms with van der Waals surface area (Å²) in [6, 6.07) is 20.1. The van der Waals surface area contributed by atoms with Gasteiger partial charge < -0.3 is 20.1 Å². The molecule has 0 unspecified atom stereocenters. The predicted octanol–water partition coefficient (Wildman–Crippen LogP) is 5.27. The third-order valence-electron chi connectivity index (χ3n) is 4.46. The first-order valence-electron chi connectivity index (χ1n) is 9.76. The second-order valence-electron chi connectivity index (χ2n) is 6.76. The summed E-state index contributed by atoms with van der Waals surface area (Å²) < 4.78 is 10.5. The van der Waals surface area contributed by atoms with E-state index in [1.807, 2.05) is 54.6 Å². The van der Waals surface area contributed by atoms with Gasteiger partial charge in [0.05, 0.1) is 37.1 Å². The number of carbonyl (C=O) groups is 2. The maximum Gasteiger partial charge on any atom is 0.234 e. The molecule has 0 spiro atoms. The maximum absolute atomic E-state index is 12.4. The Balaban J connectivity index is 1.51. The van der Waals surface area contributed by atoms with Crippen molar-refractivity contribution < 1.29 is 19.1 Å². The van der Waals surface area contributed by atoms with E-state index in [4.69, 9.17) is 21.1 Å². The minimum absolute atomic E-state index is 0.0805. The number of hydrogen-bond acceptors (Lipinski definition) is 5. The van der Waals surface area contributed by atoms with Gasteiger partial charge in [0.15, 0.2) is 0 Å². The molecule has 3 aromatic carbocycles. The van der Waals surface area contributed by atoms with Gasteiger partial charge in [-0.3, -0.25) is 9.59 Å². The van der Waals surface area contributed by atoms with Crippen molar-refractivity contribution >= 4 is 46.6 Å². The fourth-order valence-corrected chi connectivity index (χ4v) is 3.85. The number of hydrogen-bond donors (Lipinski definition) is 2. The molecule has 166 valence electrons. The van der Waals surface area contributed by atoms with Gasteiger partial charge in [0.2, 0.25) is 11.8 Å². The molecule has 0 saturated heterocycles. The topological polar surface area (TPSA) is 76.7 Å². The van der Waals surface area contributed by atoms with Crippen LogP contribution in [0.25, 0.3) is 0 Å². The van der Waals surface area contributed by atoms with Crippen molar-refractivity contribution in [1.82, 2.24) is 0 Å². The lowest BCUT2D eigenvalue weighted by molar-refractivity contribution is -0.115. The van der Waals surface area contributed by atoms with Gasteiger partial charge in [-0.25, -0.2) is 0 Å². The van der Waals surface area contributed by atoms with Gasteiger partial charge in [0.25, 0.3) is 0 Å². The van der Waals surface area contributed by atoms with Gasteiger partial charge in [0.1, 0.15) is 11.5 Å². The minimum atomic E-state index is -0.199. The molecule has 8 heteroatoms. The largest absolute Gasteiger partial charge is 0.495 e. The van der Waals surface area contributed by atoms with Crippen LogP contribution in [0.2, 0.25) is 5.02 Å². The molecule has 6 nitrogen and oxygen atoms in total. The Bertz CT molecular complexity index is 1080. The number of rotatable bonds is 9. The van der Waals surface area contributed by atoms with Crippen LogP contribution in [0.15, 0.2) is 71.6 Å². The summed E-state index contributed by atoms with van der Waals surface area (Å²) in [4.78, 5) is 25.5. The number of anilines is 2. The zero-order chi connectivity index (χ0) is 22.9. The molecule has 0 aliphatic rings. The summed E-state index contributed by atoms with van der Waals surface area (Å²) in [7, 11) is 3.02. The Kier molecular flexibility index (Phi) is 8.41. The molecule has 0 radical (unpaired) electrons. The number of halogens is 1. The smallest absolute Gasteiger partial charge is 0.234 e. The van der Waals surface area contributed by atoms with Crippen LogP contribution in [0.3, 0.4) is 0 Å². The molecule has 0 fully saturated rings. The number of carbonyl (C=O) groups excluding carboxylic acids is 2. The Morgan fingerprint density at radius 3 is 2.22 bits per heavy atom. The number of amides is 2. The average Bonchev–Trinajstić information content (AvgIpc) is 2.79. The fraction of sp³-hybridized carbons (Fsp3) is 0.167. The van der Waals surface area contributed by atoms with Crippen molar-refractivity contribution in [2.24, 2.45) is 0 Å². The Labute approximate surface area is 196 Å². The minimum Gasteiger partial charge on any atom is -0.495 e. The molecule has 0 atom stereocenters. The number of methoxy groups -OCH3 is 2. The monoisotopic (exact) mass is 470 g/mol. The molecule has 0 saturated carbocycles. The van der Waals surface area contributed by atoms with E-state index in [9.17, 15) is 9.59 Å². The lowest BCUT2D eigenvalue weighted by Crippen LogP contribution is -2.15. The van der Waals surface area contributed by atoms with E-state index in [2.05, 4.69) is 10.6 Å².